The molecule has 33 heavy (non-hydrogen) atoms. The predicted octanol–water partition coefficient (Wildman–Crippen LogP) is 4.36. The second kappa shape index (κ2) is 11.0. The lowest BCUT2D eigenvalue weighted by Crippen LogP contribution is -2.45. The Bertz CT molecular complexity index is 1080. The zero-order valence-electron chi connectivity index (χ0n) is 19.3. The number of rotatable bonds is 9. The number of methoxy groups -OCH3 is 2. The second-order valence-corrected chi connectivity index (χ2v) is 7.47. The van der Waals surface area contributed by atoms with E-state index in [1.54, 1.807) is 62.8 Å². The van der Waals surface area contributed by atoms with Crippen LogP contribution in [0, 0.1) is 6.92 Å². The average molecular weight is 448 g/mol. The standard InChI is InChI=1S/C26H29N3O4/c1-5-29(28-21-11-15-23(33-4)16-12-21)26(31)24(19-9-13-22(32-3)14-10-19)27-25(30)20-8-6-7-18(2)17-20/h6-17,24,28H,5H2,1-4H3,(H,27,30). The fourth-order valence-corrected chi connectivity index (χ4v) is 3.35. The van der Waals surface area contributed by atoms with Crippen molar-refractivity contribution >= 4 is 17.5 Å². The highest BCUT2D eigenvalue weighted by atomic mass is 16.5. The van der Waals surface area contributed by atoms with Gasteiger partial charge >= 0.3 is 0 Å². The van der Waals surface area contributed by atoms with Crippen LogP contribution in [0.5, 0.6) is 11.5 Å². The number of hydrogen-bond acceptors (Lipinski definition) is 5. The molecule has 1 unspecified atom stereocenters. The van der Waals surface area contributed by atoms with Crippen LogP contribution in [0.3, 0.4) is 0 Å². The normalized spacial score (nSPS) is 11.3. The molecule has 0 aliphatic rings. The van der Waals surface area contributed by atoms with E-state index in [1.165, 1.54) is 5.01 Å². The first-order valence-corrected chi connectivity index (χ1v) is 10.7. The minimum Gasteiger partial charge on any atom is -0.497 e. The maximum Gasteiger partial charge on any atom is 0.268 e. The Morgan fingerprint density at radius 2 is 1.52 bits per heavy atom. The largest absolute Gasteiger partial charge is 0.497 e. The first-order valence-electron chi connectivity index (χ1n) is 10.7. The van der Waals surface area contributed by atoms with Crippen LogP contribution in [0.4, 0.5) is 5.69 Å². The van der Waals surface area contributed by atoms with E-state index in [0.717, 1.165) is 17.0 Å². The van der Waals surface area contributed by atoms with Gasteiger partial charge in [-0.05, 0) is 67.9 Å². The molecular formula is C26H29N3O4. The Morgan fingerprint density at radius 1 is 0.909 bits per heavy atom. The molecule has 0 saturated heterocycles. The van der Waals surface area contributed by atoms with Gasteiger partial charge in [-0.1, -0.05) is 29.8 Å². The lowest BCUT2D eigenvalue weighted by atomic mass is 10.0. The smallest absolute Gasteiger partial charge is 0.268 e. The molecule has 3 aromatic carbocycles. The lowest BCUT2D eigenvalue weighted by molar-refractivity contribution is -0.131. The number of hydrogen-bond donors (Lipinski definition) is 2. The van der Waals surface area contributed by atoms with Crippen molar-refractivity contribution in [2.75, 3.05) is 26.2 Å². The lowest BCUT2D eigenvalue weighted by Gasteiger charge is -2.28. The maximum absolute atomic E-state index is 13.6. The third-order valence-corrected chi connectivity index (χ3v) is 5.19. The number of aryl methyl sites for hydroxylation is 1. The molecule has 3 aromatic rings. The molecule has 0 radical (unpaired) electrons. The van der Waals surface area contributed by atoms with Crippen LogP contribution in [0.2, 0.25) is 0 Å². The van der Waals surface area contributed by atoms with Gasteiger partial charge in [0, 0.05) is 12.1 Å². The number of likely N-dealkylation sites (N-methyl/N-ethyl adjacent to an activating group) is 1. The molecule has 0 bridgehead atoms. The van der Waals surface area contributed by atoms with Gasteiger partial charge in [-0.2, -0.15) is 0 Å². The zero-order valence-corrected chi connectivity index (χ0v) is 19.3. The molecule has 0 aliphatic heterocycles. The topological polar surface area (TPSA) is 79.9 Å². The number of anilines is 1. The van der Waals surface area contributed by atoms with Crippen LogP contribution in [0.15, 0.2) is 72.8 Å². The van der Waals surface area contributed by atoms with Crippen molar-refractivity contribution in [3.63, 3.8) is 0 Å². The summed E-state index contributed by atoms with van der Waals surface area (Å²) in [5, 5.41) is 4.38. The zero-order chi connectivity index (χ0) is 23.8. The number of benzene rings is 3. The SMILES string of the molecule is CCN(Nc1ccc(OC)cc1)C(=O)C(NC(=O)c1cccc(C)c1)c1ccc(OC)cc1. The molecule has 0 fully saturated rings. The number of nitrogens with zero attached hydrogens (tertiary/aromatic N) is 1. The van der Waals surface area contributed by atoms with Gasteiger partial charge in [-0.3, -0.25) is 20.0 Å². The summed E-state index contributed by atoms with van der Waals surface area (Å²) in [5.41, 5.74) is 5.96. The summed E-state index contributed by atoms with van der Waals surface area (Å²) in [5.74, 6) is 0.767. The Morgan fingerprint density at radius 3 is 2.06 bits per heavy atom. The van der Waals surface area contributed by atoms with Crippen molar-refractivity contribution in [3.05, 3.63) is 89.5 Å². The van der Waals surface area contributed by atoms with Gasteiger partial charge in [-0.15, -0.1) is 0 Å². The van der Waals surface area contributed by atoms with E-state index in [9.17, 15) is 9.59 Å². The van der Waals surface area contributed by atoms with Gasteiger partial charge in [0.15, 0.2) is 0 Å². The number of nitrogens with one attached hydrogen (secondary N) is 2. The number of carbonyl (C=O) groups is 2. The van der Waals surface area contributed by atoms with Crippen molar-refractivity contribution in [1.82, 2.24) is 10.3 Å². The highest BCUT2D eigenvalue weighted by Gasteiger charge is 2.28. The Balaban J connectivity index is 1.88. The van der Waals surface area contributed by atoms with Crippen LogP contribution < -0.4 is 20.2 Å². The Labute approximate surface area is 194 Å². The first-order chi connectivity index (χ1) is 15.9. The molecule has 0 spiro atoms. The second-order valence-electron chi connectivity index (χ2n) is 7.47. The van der Waals surface area contributed by atoms with E-state index in [-0.39, 0.29) is 11.8 Å². The van der Waals surface area contributed by atoms with Gasteiger partial charge in [0.2, 0.25) is 0 Å². The number of carbonyl (C=O) groups excluding carboxylic acids is 2. The third-order valence-electron chi connectivity index (χ3n) is 5.19. The Hall–Kier alpha value is -4.00. The van der Waals surface area contributed by atoms with Gasteiger partial charge in [0.05, 0.1) is 19.9 Å². The van der Waals surface area contributed by atoms with E-state index in [1.807, 2.05) is 38.1 Å². The van der Waals surface area contributed by atoms with Crippen molar-refractivity contribution in [2.24, 2.45) is 0 Å². The van der Waals surface area contributed by atoms with Crippen molar-refractivity contribution in [2.45, 2.75) is 19.9 Å². The predicted molar refractivity (Wildman–Crippen MR) is 128 cm³/mol. The summed E-state index contributed by atoms with van der Waals surface area (Å²) < 4.78 is 10.4. The first kappa shape index (κ1) is 23.7. The fraction of sp³-hybridized carbons (Fsp3) is 0.231. The molecule has 7 heteroatoms. The van der Waals surface area contributed by atoms with Crippen molar-refractivity contribution in [3.8, 4) is 11.5 Å². The molecular weight excluding hydrogens is 418 g/mol. The molecule has 1 atom stereocenters. The van der Waals surface area contributed by atoms with Gasteiger partial charge in [-0.25, -0.2) is 0 Å². The van der Waals surface area contributed by atoms with E-state index in [2.05, 4.69) is 10.7 Å². The van der Waals surface area contributed by atoms with E-state index < -0.39 is 6.04 Å². The van der Waals surface area contributed by atoms with Crippen molar-refractivity contribution in [1.29, 1.82) is 0 Å². The molecule has 2 amide bonds. The van der Waals surface area contributed by atoms with Crippen LogP contribution >= 0.6 is 0 Å². The minimum atomic E-state index is -0.894. The van der Waals surface area contributed by atoms with Gasteiger partial charge in [0.1, 0.15) is 17.5 Å². The quantitative estimate of drug-likeness (QED) is 0.477. The summed E-state index contributed by atoms with van der Waals surface area (Å²) in [6.07, 6.45) is 0. The highest BCUT2D eigenvalue weighted by molar-refractivity contribution is 5.98. The van der Waals surface area contributed by atoms with Crippen molar-refractivity contribution < 1.29 is 19.1 Å². The van der Waals surface area contributed by atoms with E-state index >= 15 is 0 Å². The number of ether oxygens (including phenoxy) is 2. The molecule has 0 saturated carbocycles. The van der Waals surface area contributed by atoms with Crippen LogP contribution in [-0.4, -0.2) is 37.6 Å². The van der Waals surface area contributed by atoms with Crippen LogP contribution in [0.1, 0.15) is 34.5 Å². The minimum absolute atomic E-state index is 0.292. The third kappa shape index (κ3) is 6.04. The van der Waals surface area contributed by atoms with E-state index in [4.69, 9.17) is 9.47 Å². The van der Waals surface area contributed by atoms with Crippen LogP contribution in [0.25, 0.3) is 0 Å². The van der Waals surface area contributed by atoms with Crippen LogP contribution in [-0.2, 0) is 4.79 Å². The fourth-order valence-electron chi connectivity index (χ4n) is 3.35. The average Bonchev–Trinajstić information content (AvgIpc) is 2.85. The monoisotopic (exact) mass is 447 g/mol. The molecule has 172 valence electrons. The maximum atomic E-state index is 13.6. The molecule has 0 heterocycles. The number of amides is 2. The molecule has 0 aliphatic carbocycles. The molecule has 2 N–H and O–H groups in total. The number of hydrazine groups is 1. The highest BCUT2D eigenvalue weighted by Crippen LogP contribution is 2.22. The molecule has 3 rings (SSSR count). The summed E-state index contributed by atoms with van der Waals surface area (Å²) in [6.45, 7) is 4.17. The summed E-state index contributed by atoms with van der Waals surface area (Å²) in [4.78, 5) is 26.6. The van der Waals surface area contributed by atoms with Gasteiger partial charge < -0.3 is 14.8 Å². The Kier molecular flexibility index (Phi) is 7.91. The molecule has 7 nitrogen and oxygen atoms in total. The summed E-state index contributed by atoms with van der Waals surface area (Å²) >= 11 is 0. The summed E-state index contributed by atoms with van der Waals surface area (Å²) in [7, 11) is 3.18. The molecule has 0 aromatic heterocycles. The van der Waals surface area contributed by atoms with Gasteiger partial charge in [0.25, 0.3) is 11.8 Å². The summed E-state index contributed by atoms with van der Waals surface area (Å²) in [6, 6.07) is 20.7. The van der Waals surface area contributed by atoms with E-state index in [0.29, 0.717) is 23.4 Å².